The van der Waals surface area contributed by atoms with Crippen molar-refractivity contribution in [2.24, 2.45) is 0 Å². The molecule has 0 radical (unpaired) electrons. The van der Waals surface area contributed by atoms with Gasteiger partial charge in [0.1, 0.15) is 36.4 Å². The first kappa shape index (κ1) is 24.0. The average molecular weight is 512 g/mol. The first-order valence-electron chi connectivity index (χ1n) is 10.9. The molecule has 3 aromatic heterocycles. The van der Waals surface area contributed by atoms with Crippen molar-refractivity contribution in [1.29, 1.82) is 0 Å². The fraction of sp³-hybridized carbons (Fsp3) is 0.125. The van der Waals surface area contributed by atoms with Crippen LogP contribution in [0.5, 0.6) is 0 Å². The minimum atomic E-state index is -4.50. The van der Waals surface area contributed by atoms with Gasteiger partial charge in [-0.25, -0.2) is 28.4 Å². The highest BCUT2D eigenvalue weighted by molar-refractivity contribution is 5.88. The molecule has 0 saturated carbocycles. The SMILES string of the molecule is Fc1ccc(-c2ccc3nc(NCc4cc(F)cc(-n5cncn5)c4)nc(NCC(F)(F)F)c3n2)cc1. The summed E-state index contributed by atoms with van der Waals surface area (Å²) < 4.78 is 67.7. The summed E-state index contributed by atoms with van der Waals surface area (Å²) in [5.41, 5.74) is 2.32. The van der Waals surface area contributed by atoms with E-state index >= 15 is 0 Å². The number of anilines is 2. The fourth-order valence-electron chi connectivity index (χ4n) is 3.57. The Labute approximate surface area is 206 Å². The first-order chi connectivity index (χ1) is 17.7. The summed E-state index contributed by atoms with van der Waals surface area (Å²) in [6.07, 6.45) is -1.76. The van der Waals surface area contributed by atoms with E-state index in [0.29, 0.717) is 22.5 Å². The Morgan fingerprint density at radius 2 is 1.65 bits per heavy atom. The fourth-order valence-corrected chi connectivity index (χ4v) is 3.57. The van der Waals surface area contributed by atoms with Gasteiger partial charge in [0, 0.05) is 12.1 Å². The maximum Gasteiger partial charge on any atom is 0.405 e. The topological polar surface area (TPSA) is 93.4 Å². The number of nitrogens with one attached hydrogen (secondary N) is 2. The molecule has 0 fully saturated rings. The van der Waals surface area contributed by atoms with Gasteiger partial charge in [0.15, 0.2) is 5.82 Å². The molecular weight excluding hydrogens is 495 g/mol. The van der Waals surface area contributed by atoms with Crippen LogP contribution >= 0.6 is 0 Å². The number of hydrogen-bond donors (Lipinski definition) is 2. The third-order valence-electron chi connectivity index (χ3n) is 5.21. The minimum absolute atomic E-state index is 0.0140. The molecule has 2 aromatic carbocycles. The van der Waals surface area contributed by atoms with Crippen LogP contribution in [0.25, 0.3) is 28.0 Å². The van der Waals surface area contributed by atoms with E-state index in [-0.39, 0.29) is 29.3 Å². The summed E-state index contributed by atoms with van der Waals surface area (Å²) in [7, 11) is 0. The van der Waals surface area contributed by atoms with Gasteiger partial charge >= 0.3 is 6.18 Å². The number of hydrogen-bond acceptors (Lipinski definition) is 7. The number of halogens is 5. The van der Waals surface area contributed by atoms with E-state index in [1.807, 2.05) is 0 Å². The smallest absolute Gasteiger partial charge is 0.359 e. The van der Waals surface area contributed by atoms with Crippen molar-refractivity contribution in [1.82, 2.24) is 29.7 Å². The summed E-state index contributed by atoms with van der Waals surface area (Å²) >= 11 is 0. The second-order valence-corrected chi connectivity index (χ2v) is 7.95. The molecule has 0 spiro atoms. The molecule has 2 N–H and O–H groups in total. The Hall–Kier alpha value is -4.68. The summed E-state index contributed by atoms with van der Waals surface area (Å²) in [4.78, 5) is 16.8. The van der Waals surface area contributed by atoms with Gasteiger partial charge in [-0.05, 0) is 60.2 Å². The number of aromatic nitrogens is 6. The van der Waals surface area contributed by atoms with Crippen LogP contribution in [0.15, 0.2) is 67.3 Å². The molecule has 5 aromatic rings. The van der Waals surface area contributed by atoms with Gasteiger partial charge < -0.3 is 10.6 Å². The van der Waals surface area contributed by atoms with E-state index in [1.54, 1.807) is 18.2 Å². The van der Waals surface area contributed by atoms with Crippen LogP contribution in [-0.4, -0.2) is 42.4 Å². The lowest BCUT2D eigenvalue weighted by atomic mass is 10.1. The van der Waals surface area contributed by atoms with E-state index in [1.165, 1.54) is 53.7 Å². The molecule has 0 unspecified atom stereocenters. The van der Waals surface area contributed by atoms with Gasteiger partial charge in [0.05, 0.1) is 16.9 Å². The van der Waals surface area contributed by atoms with Gasteiger partial charge in [-0.2, -0.15) is 23.3 Å². The number of alkyl halides is 3. The molecule has 0 aliphatic rings. The highest BCUT2D eigenvalue weighted by atomic mass is 19.4. The molecule has 13 heteroatoms. The van der Waals surface area contributed by atoms with E-state index in [0.717, 1.165) is 0 Å². The van der Waals surface area contributed by atoms with E-state index < -0.39 is 24.4 Å². The van der Waals surface area contributed by atoms with Crippen molar-refractivity contribution < 1.29 is 22.0 Å². The first-order valence-corrected chi connectivity index (χ1v) is 10.9. The van der Waals surface area contributed by atoms with Crippen LogP contribution in [0, 0.1) is 11.6 Å². The predicted octanol–water partition coefficient (Wildman–Crippen LogP) is 5.14. The molecule has 3 heterocycles. The van der Waals surface area contributed by atoms with Crippen LogP contribution in [0.4, 0.5) is 33.7 Å². The molecule has 8 nitrogen and oxygen atoms in total. The third-order valence-corrected chi connectivity index (χ3v) is 5.21. The molecule has 0 amide bonds. The van der Waals surface area contributed by atoms with Gasteiger partial charge in [-0.3, -0.25) is 0 Å². The van der Waals surface area contributed by atoms with E-state index in [4.69, 9.17) is 0 Å². The molecule has 188 valence electrons. The van der Waals surface area contributed by atoms with Crippen LogP contribution in [-0.2, 0) is 6.54 Å². The van der Waals surface area contributed by atoms with E-state index in [2.05, 4.69) is 35.7 Å². The summed E-state index contributed by atoms with van der Waals surface area (Å²) in [5, 5.41) is 9.17. The Kier molecular flexibility index (Phi) is 6.34. The van der Waals surface area contributed by atoms with Crippen LogP contribution in [0.1, 0.15) is 5.56 Å². The van der Waals surface area contributed by atoms with Crippen molar-refractivity contribution in [2.45, 2.75) is 12.7 Å². The van der Waals surface area contributed by atoms with Crippen molar-refractivity contribution in [3.05, 3.63) is 84.4 Å². The predicted molar refractivity (Wildman–Crippen MR) is 126 cm³/mol. The summed E-state index contributed by atoms with van der Waals surface area (Å²) in [6.45, 7) is -1.27. The highest BCUT2D eigenvalue weighted by Gasteiger charge is 2.27. The molecule has 37 heavy (non-hydrogen) atoms. The lowest BCUT2D eigenvalue weighted by Crippen LogP contribution is -2.22. The zero-order chi connectivity index (χ0) is 26.0. The molecule has 0 bridgehead atoms. The molecule has 0 aliphatic carbocycles. The number of nitrogens with zero attached hydrogens (tertiary/aromatic N) is 6. The second-order valence-electron chi connectivity index (χ2n) is 7.95. The molecule has 0 aliphatic heterocycles. The van der Waals surface area contributed by atoms with Gasteiger partial charge in [0.2, 0.25) is 5.95 Å². The zero-order valence-corrected chi connectivity index (χ0v) is 18.8. The van der Waals surface area contributed by atoms with Crippen LogP contribution in [0.3, 0.4) is 0 Å². The molecule has 0 atom stereocenters. The Morgan fingerprint density at radius 1 is 0.838 bits per heavy atom. The zero-order valence-electron chi connectivity index (χ0n) is 18.8. The molecule has 5 rings (SSSR count). The second kappa shape index (κ2) is 9.76. The standard InChI is InChI=1S/C24H17F5N8/c25-16-3-1-15(2-4-16)19-5-6-20-21(34-19)22(32-11-24(27,28)29)36-23(35-20)31-10-14-7-17(26)9-18(8-14)37-13-30-12-33-37/h1-9,12-13H,10-11H2,(H2,31,32,35,36). The lowest BCUT2D eigenvalue weighted by molar-refractivity contribution is -0.115. The monoisotopic (exact) mass is 512 g/mol. The maximum absolute atomic E-state index is 14.2. The van der Waals surface area contributed by atoms with E-state index in [9.17, 15) is 22.0 Å². The van der Waals surface area contributed by atoms with Crippen molar-refractivity contribution in [3.63, 3.8) is 0 Å². The Bertz CT molecular complexity index is 1540. The quantitative estimate of drug-likeness (QED) is 0.292. The largest absolute Gasteiger partial charge is 0.405 e. The van der Waals surface area contributed by atoms with Gasteiger partial charge in [0.25, 0.3) is 0 Å². The van der Waals surface area contributed by atoms with Gasteiger partial charge in [-0.1, -0.05) is 0 Å². The minimum Gasteiger partial charge on any atom is -0.359 e. The Balaban J connectivity index is 1.46. The molecular formula is C24H17F5N8. The summed E-state index contributed by atoms with van der Waals surface area (Å²) in [5.74, 6) is -1.06. The third kappa shape index (κ3) is 5.77. The number of pyridine rings is 1. The highest BCUT2D eigenvalue weighted by Crippen LogP contribution is 2.27. The number of benzene rings is 2. The van der Waals surface area contributed by atoms with Crippen molar-refractivity contribution in [2.75, 3.05) is 17.2 Å². The van der Waals surface area contributed by atoms with Crippen molar-refractivity contribution >= 4 is 22.8 Å². The normalized spacial score (nSPS) is 11.6. The van der Waals surface area contributed by atoms with Crippen LogP contribution in [0.2, 0.25) is 0 Å². The Morgan fingerprint density at radius 3 is 2.38 bits per heavy atom. The number of fused-ring (bicyclic) bond motifs is 1. The number of rotatable bonds is 7. The average Bonchev–Trinajstić information content (AvgIpc) is 3.41. The van der Waals surface area contributed by atoms with Gasteiger partial charge in [-0.15, -0.1) is 0 Å². The van der Waals surface area contributed by atoms with Crippen molar-refractivity contribution in [3.8, 4) is 16.9 Å². The van der Waals surface area contributed by atoms with Crippen LogP contribution < -0.4 is 10.6 Å². The summed E-state index contributed by atoms with van der Waals surface area (Å²) in [6, 6.07) is 13.0. The lowest BCUT2D eigenvalue weighted by Gasteiger charge is -2.14. The maximum atomic E-state index is 14.2. The molecule has 0 saturated heterocycles.